The monoisotopic (exact) mass is 399 g/mol. The number of hydrogen-bond acceptors (Lipinski definition) is 5. The number of halogens is 1. The molecule has 0 saturated carbocycles. The number of hydrogen-bond donors (Lipinski definition) is 0. The highest BCUT2D eigenvalue weighted by atomic mass is 35.5. The second kappa shape index (κ2) is 9.05. The first-order valence-corrected chi connectivity index (χ1v) is 9.79. The summed E-state index contributed by atoms with van der Waals surface area (Å²) in [5.41, 5.74) is 2.12. The fourth-order valence-electron chi connectivity index (χ4n) is 2.73. The second-order valence-corrected chi connectivity index (χ2v) is 7.34. The molecule has 1 heterocycles. The van der Waals surface area contributed by atoms with E-state index in [-0.39, 0.29) is 5.56 Å². The molecule has 0 fully saturated rings. The number of methoxy groups -OCH3 is 1. The van der Waals surface area contributed by atoms with Crippen molar-refractivity contribution in [1.29, 1.82) is 5.26 Å². The smallest absolute Gasteiger partial charge is 0.262 e. The molecule has 0 spiro atoms. The van der Waals surface area contributed by atoms with Gasteiger partial charge in [0.25, 0.3) is 5.56 Å². The lowest BCUT2D eigenvalue weighted by Gasteiger charge is -2.13. The number of aromatic nitrogens is 2. The highest BCUT2D eigenvalue weighted by Gasteiger charge is 2.12. The Bertz CT molecular complexity index is 1060. The zero-order valence-electron chi connectivity index (χ0n) is 14.8. The van der Waals surface area contributed by atoms with Crippen LogP contribution < -0.4 is 5.56 Å². The Morgan fingerprint density at radius 1 is 1.30 bits per heavy atom. The number of rotatable bonds is 7. The molecule has 1 aromatic heterocycles. The molecule has 0 aliphatic heterocycles. The zero-order valence-corrected chi connectivity index (χ0v) is 16.4. The van der Waals surface area contributed by atoms with Crippen molar-refractivity contribution in [3.05, 3.63) is 69.0 Å². The van der Waals surface area contributed by atoms with Gasteiger partial charge in [-0.15, -0.1) is 0 Å². The van der Waals surface area contributed by atoms with Crippen molar-refractivity contribution in [3.63, 3.8) is 0 Å². The minimum Gasteiger partial charge on any atom is -0.385 e. The van der Waals surface area contributed by atoms with Gasteiger partial charge in [-0.3, -0.25) is 9.36 Å². The van der Waals surface area contributed by atoms with E-state index in [0.29, 0.717) is 52.0 Å². The molecular weight excluding hydrogens is 382 g/mol. The van der Waals surface area contributed by atoms with E-state index in [1.807, 2.05) is 18.2 Å². The summed E-state index contributed by atoms with van der Waals surface area (Å²) in [4.78, 5) is 17.6. The first kappa shape index (κ1) is 19.4. The molecule has 2 aromatic carbocycles. The Labute approximate surface area is 166 Å². The summed E-state index contributed by atoms with van der Waals surface area (Å²) >= 11 is 7.54. The van der Waals surface area contributed by atoms with E-state index in [0.717, 1.165) is 5.56 Å². The highest BCUT2D eigenvalue weighted by molar-refractivity contribution is 7.98. The number of fused-ring (bicyclic) bond motifs is 1. The Morgan fingerprint density at radius 2 is 2.15 bits per heavy atom. The molecule has 3 aromatic rings. The van der Waals surface area contributed by atoms with Gasteiger partial charge in [-0.1, -0.05) is 35.5 Å². The first-order chi connectivity index (χ1) is 13.1. The average molecular weight is 400 g/mol. The number of ether oxygens (including phenoxy) is 1. The zero-order chi connectivity index (χ0) is 19.2. The van der Waals surface area contributed by atoms with Crippen LogP contribution in [0.25, 0.3) is 10.9 Å². The summed E-state index contributed by atoms with van der Waals surface area (Å²) < 4.78 is 6.80. The van der Waals surface area contributed by atoms with Crippen molar-refractivity contribution >= 4 is 34.3 Å². The summed E-state index contributed by atoms with van der Waals surface area (Å²) in [5, 5.41) is 10.8. The third kappa shape index (κ3) is 4.69. The molecule has 7 heteroatoms. The van der Waals surface area contributed by atoms with Gasteiger partial charge >= 0.3 is 0 Å². The molecule has 0 atom stereocenters. The van der Waals surface area contributed by atoms with Crippen molar-refractivity contribution in [2.24, 2.45) is 0 Å². The summed E-state index contributed by atoms with van der Waals surface area (Å²) in [6.45, 7) is 1.10. The largest absolute Gasteiger partial charge is 0.385 e. The maximum Gasteiger partial charge on any atom is 0.262 e. The Balaban J connectivity index is 1.96. The molecule has 0 amide bonds. The van der Waals surface area contributed by atoms with Crippen molar-refractivity contribution in [3.8, 4) is 6.07 Å². The van der Waals surface area contributed by atoms with Crippen LogP contribution in [0.2, 0.25) is 5.02 Å². The van der Waals surface area contributed by atoms with E-state index in [1.165, 1.54) is 11.8 Å². The van der Waals surface area contributed by atoms with E-state index in [4.69, 9.17) is 21.6 Å². The third-order valence-corrected chi connectivity index (χ3v) is 5.32. The maximum absolute atomic E-state index is 12.9. The predicted molar refractivity (Wildman–Crippen MR) is 108 cm³/mol. The molecular formula is C20H18ClN3O2S. The number of thioether (sulfide) groups is 1. The van der Waals surface area contributed by atoms with E-state index >= 15 is 0 Å². The molecule has 0 bridgehead atoms. The summed E-state index contributed by atoms with van der Waals surface area (Å²) in [6, 6.07) is 14.7. The average Bonchev–Trinajstić information content (AvgIpc) is 2.68. The van der Waals surface area contributed by atoms with Crippen LogP contribution in [0.1, 0.15) is 17.5 Å². The fraction of sp³-hybridized carbons (Fsp3) is 0.250. The van der Waals surface area contributed by atoms with E-state index in [2.05, 4.69) is 11.1 Å². The molecule has 0 aliphatic rings. The lowest BCUT2D eigenvalue weighted by molar-refractivity contribution is 0.189. The minimum absolute atomic E-state index is 0.0824. The van der Waals surface area contributed by atoms with Gasteiger partial charge in [-0.05, 0) is 42.3 Å². The summed E-state index contributed by atoms with van der Waals surface area (Å²) in [6.07, 6.45) is 0.717. The molecule has 138 valence electrons. The Kier molecular flexibility index (Phi) is 6.51. The summed E-state index contributed by atoms with van der Waals surface area (Å²) in [7, 11) is 1.64. The number of nitriles is 1. The standard InChI is InChI=1S/C20H18ClN3O2S/c1-26-9-3-8-24-19(25)17-7-6-16(21)11-18(17)23-20(24)27-13-15-5-2-4-14(10-15)12-22/h2,4-7,10-11H,3,8-9,13H2,1H3. The van der Waals surface area contributed by atoms with Crippen LogP contribution in [0.5, 0.6) is 0 Å². The van der Waals surface area contributed by atoms with E-state index in [1.54, 1.807) is 35.9 Å². The van der Waals surface area contributed by atoms with Gasteiger partial charge in [0.05, 0.1) is 22.5 Å². The van der Waals surface area contributed by atoms with Gasteiger partial charge in [0.2, 0.25) is 0 Å². The van der Waals surface area contributed by atoms with Crippen LogP contribution in [0.3, 0.4) is 0 Å². The molecule has 0 aliphatic carbocycles. The van der Waals surface area contributed by atoms with Gasteiger partial charge in [0, 0.05) is 31.0 Å². The number of benzene rings is 2. The predicted octanol–water partition coefficient (Wildman–Crippen LogP) is 4.25. The Hall–Kier alpha value is -2.33. The van der Waals surface area contributed by atoms with E-state index < -0.39 is 0 Å². The second-order valence-electron chi connectivity index (χ2n) is 5.96. The van der Waals surface area contributed by atoms with Crippen LogP contribution in [0.15, 0.2) is 52.4 Å². The van der Waals surface area contributed by atoms with Crippen LogP contribution in [-0.4, -0.2) is 23.3 Å². The molecule has 0 N–H and O–H groups in total. The molecule has 0 saturated heterocycles. The highest BCUT2D eigenvalue weighted by Crippen LogP contribution is 2.24. The molecule has 0 radical (unpaired) electrons. The van der Waals surface area contributed by atoms with Gasteiger partial charge in [-0.25, -0.2) is 4.98 Å². The van der Waals surface area contributed by atoms with Crippen molar-refractivity contribution in [2.75, 3.05) is 13.7 Å². The van der Waals surface area contributed by atoms with Crippen molar-refractivity contribution in [2.45, 2.75) is 23.9 Å². The van der Waals surface area contributed by atoms with Crippen molar-refractivity contribution in [1.82, 2.24) is 9.55 Å². The molecule has 0 unspecified atom stereocenters. The lowest BCUT2D eigenvalue weighted by atomic mass is 10.2. The van der Waals surface area contributed by atoms with Gasteiger partial charge in [0.1, 0.15) is 0 Å². The van der Waals surface area contributed by atoms with Crippen LogP contribution in [0, 0.1) is 11.3 Å². The lowest BCUT2D eigenvalue weighted by Crippen LogP contribution is -2.24. The fourth-order valence-corrected chi connectivity index (χ4v) is 3.86. The van der Waals surface area contributed by atoms with Crippen LogP contribution >= 0.6 is 23.4 Å². The van der Waals surface area contributed by atoms with Gasteiger partial charge in [-0.2, -0.15) is 5.26 Å². The van der Waals surface area contributed by atoms with Crippen LogP contribution in [-0.2, 0) is 17.0 Å². The van der Waals surface area contributed by atoms with Crippen molar-refractivity contribution < 1.29 is 4.74 Å². The molecule has 5 nitrogen and oxygen atoms in total. The van der Waals surface area contributed by atoms with Gasteiger partial charge in [0.15, 0.2) is 5.16 Å². The first-order valence-electron chi connectivity index (χ1n) is 8.43. The molecule has 27 heavy (non-hydrogen) atoms. The third-order valence-electron chi connectivity index (χ3n) is 4.04. The van der Waals surface area contributed by atoms with E-state index in [9.17, 15) is 4.79 Å². The topological polar surface area (TPSA) is 67.9 Å². The molecule has 3 rings (SSSR count). The SMILES string of the molecule is COCCCn1c(SCc2cccc(C#N)c2)nc2cc(Cl)ccc2c1=O. The quantitative estimate of drug-likeness (QED) is 0.337. The van der Waals surface area contributed by atoms with Crippen LogP contribution in [0.4, 0.5) is 0 Å². The number of nitrogens with zero attached hydrogens (tertiary/aromatic N) is 3. The maximum atomic E-state index is 12.9. The summed E-state index contributed by atoms with van der Waals surface area (Å²) in [5.74, 6) is 0.609. The normalized spacial score (nSPS) is 10.9. The Morgan fingerprint density at radius 3 is 2.93 bits per heavy atom. The van der Waals surface area contributed by atoms with Gasteiger partial charge < -0.3 is 4.74 Å². The minimum atomic E-state index is -0.0824.